The van der Waals surface area contributed by atoms with Crippen LogP contribution >= 0.6 is 44.8 Å². The average molecular weight is 758 g/mol. The van der Waals surface area contributed by atoms with E-state index >= 15 is 8.78 Å². The summed E-state index contributed by atoms with van der Waals surface area (Å²) < 4.78 is 73.9. The molecule has 0 bridgehead atoms. The highest BCUT2D eigenvalue weighted by molar-refractivity contribution is 8.76. The van der Waals surface area contributed by atoms with E-state index in [0.29, 0.717) is 31.5 Å². The molecule has 0 amide bonds. The number of hydrogen-bond acceptors (Lipinski definition) is 8. The molecule has 6 aromatic rings. The molecular weight excluding hydrogens is 735 g/mol. The predicted octanol–water partition coefficient (Wildman–Crippen LogP) is 8.87. The summed E-state index contributed by atoms with van der Waals surface area (Å²) in [5.41, 5.74) is -0.896. The Balaban J connectivity index is 1.06. The van der Waals surface area contributed by atoms with Gasteiger partial charge in [-0.05, 0) is 45.9 Å². The van der Waals surface area contributed by atoms with Gasteiger partial charge in [-0.3, -0.25) is 0 Å². The Morgan fingerprint density at radius 1 is 0.620 bits per heavy atom. The molecule has 0 saturated carbocycles. The normalized spacial score (nSPS) is 22.5. The average Bonchev–Trinajstić information content (AvgIpc) is 3.84. The molecule has 0 unspecified atom stereocenters. The first-order chi connectivity index (χ1) is 24.2. The van der Waals surface area contributed by atoms with Crippen LogP contribution in [0.2, 0.25) is 10.0 Å². The lowest BCUT2D eigenvalue weighted by molar-refractivity contribution is 0.250. The molecule has 50 heavy (non-hydrogen) atoms. The van der Waals surface area contributed by atoms with Crippen molar-refractivity contribution < 1.29 is 27.0 Å². The van der Waals surface area contributed by atoms with Crippen LogP contribution in [-0.4, -0.2) is 29.5 Å². The van der Waals surface area contributed by atoms with Gasteiger partial charge in [0.2, 0.25) is 0 Å². The van der Waals surface area contributed by atoms with Crippen LogP contribution < -0.4 is 0 Å². The summed E-state index contributed by atoms with van der Waals surface area (Å²) in [5, 5.41) is 10.5. The molecule has 254 valence electrons. The highest BCUT2D eigenvalue weighted by Gasteiger charge is 2.62. The van der Waals surface area contributed by atoms with Gasteiger partial charge in [0.05, 0.1) is 13.1 Å². The number of rotatable bonds is 11. The van der Waals surface area contributed by atoms with Gasteiger partial charge in [-0.2, -0.15) is 10.2 Å². The zero-order valence-electron chi connectivity index (χ0n) is 25.4. The smallest absolute Gasteiger partial charge is 0.197 e. The number of halogens is 6. The van der Waals surface area contributed by atoms with Crippen LogP contribution in [0, 0.1) is 23.3 Å². The SMILES string of the molecule is Fc1ccc([C@@]2(Cn3ncnc3SSc3ncnn3C[C@]3(c4ccc(F)cc4F)O[C@@H]3c3ccccc3Cl)O[C@@H]2c2ccccc2Cl)c(F)c1. The zero-order chi connectivity index (χ0) is 34.6. The van der Waals surface area contributed by atoms with Crippen molar-refractivity contribution in [1.29, 1.82) is 0 Å². The van der Waals surface area contributed by atoms with Crippen molar-refractivity contribution in [3.8, 4) is 0 Å². The fraction of sp³-hybridized carbons (Fsp3) is 0.176. The minimum atomic E-state index is -1.25. The van der Waals surface area contributed by atoms with Crippen molar-refractivity contribution in [3.05, 3.63) is 153 Å². The summed E-state index contributed by atoms with van der Waals surface area (Å²) in [6, 6.07) is 20.9. The van der Waals surface area contributed by atoms with Gasteiger partial charge in [-0.1, -0.05) is 71.7 Å². The van der Waals surface area contributed by atoms with Gasteiger partial charge in [0, 0.05) is 44.4 Å². The van der Waals surface area contributed by atoms with E-state index in [9.17, 15) is 8.78 Å². The fourth-order valence-corrected chi connectivity index (χ4v) is 8.63. The van der Waals surface area contributed by atoms with E-state index in [1.807, 2.05) is 0 Å². The molecule has 8 nitrogen and oxygen atoms in total. The van der Waals surface area contributed by atoms with Crippen molar-refractivity contribution in [2.75, 3.05) is 0 Å². The summed E-state index contributed by atoms with van der Waals surface area (Å²) in [6.45, 7) is 0.0582. The largest absolute Gasteiger partial charge is 0.354 e. The Bertz CT molecular complexity index is 2090. The lowest BCUT2D eigenvalue weighted by atomic mass is 9.91. The van der Waals surface area contributed by atoms with Crippen molar-refractivity contribution in [2.45, 2.75) is 46.8 Å². The van der Waals surface area contributed by atoms with Gasteiger partial charge in [-0.15, -0.1) is 0 Å². The number of aromatic nitrogens is 6. The van der Waals surface area contributed by atoms with Gasteiger partial charge in [0.1, 0.15) is 59.3 Å². The molecule has 0 aliphatic carbocycles. The molecule has 4 heterocycles. The van der Waals surface area contributed by atoms with Crippen molar-refractivity contribution >= 4 is 44.8 Å². The Kier molecular flexibility index (Phi) is 8.64. The van der Waals surface area contributed by atoms with E-state index in [2.05, 4.69) is 20.2 Å². The fourth-order valence-electron chi connectivity index (χ4n) is 6.22. The van der Waals surface area contributed by atoms with Gasteiger partial charge >= 0.3 is 0 Å². The van der Waals surface area contributed by atoms with Gasteiger partial charge in [0.25, 0.3) is 0 Å². The minimum absolute atomic E-state index is 0.0291. The van der Waals surface area contributed by atoms with E-state index in [1.54, 1.807) is 57.9 Å². The van der Waals surface area contributed by atoms with Gasteiger partial charge in [0.15, 0.2) is 10.3 Å². The highest BCUT2D eigenvalue weighted by Crippen LogP contribution is 2.61. The van der Waals surface area contributed by atoms with E-state index < -0.39 is 46.7 Å². The third-order valence-electron chi connectivity index (χ3n) is 8.66. The summed E-state index contributed by atoms with van der Waals surface area (Å²) in [4.78, 5) is 8.79. The maximum Gasteiger partial charge on any atom is 0.197 e. The quantitative estimate of drug-likeness (QED) is 0.0737. The molecule has 4 atom stereocenters. The second-order valence-corrected chi connectivity index (χ2v) is 14.5. The van der Waals surface area contributed by atoms with Crippen LogP contribution in [0.1, 0.15) is 34.5 Å². The lowest BCUT2D eigenvalue weighted by Crippen LogP contribution is -2.22. The maximum absolute atomic E-state index is 15.3. The Hall–Kier alpha value is -3.92. The molecule has 0 radical (unpaired) electrons. The first kappa shape index (κ1) is 33.2. The van der Waals surface area contributed by atoms with Gasteiger partial charge < -0.3 is 9.47 Å². The molecule has 2 aliphatic heterocycles. The Labute approximate surface area is 300 Å². The van der Waals surface area contributed by atoms with Gasteiger partial charge in [-0.25, -0.2) is 36.9 Å². The van der Waals surface area contributed by atoms with Crippen LogP contribution in [0.5, 0.6) is 0 Å². The van der Waals surface area contributed by atoms with E-state index in [0.717, 1.165) is 12.1 Å². The van der Waals surface area contributed by atoms with Crippen molar-refractivity contribution in [1.82, 2.24) is 29.5 Å². The van der Waals surface area contributed by atoms with Crippen LogP contribution in [-0.2, 0) is 33.8 Å². The van der Waals surface area contributed by atoms with Crippen LogP contribution in [0.4, 0.5) is 17.6 Å². The predicted molar refractivity (Wildman–Crippen MR) is 178 cm³/mol. The molecule has 0 spiro atoms. The zero-order valence-corrected chi connectivity index (χ0v) is 28.5. The monoisotopic (exact) mass is 756 g/mol. The third kappa shape index (κ3) is 5.97. The van der Waals surface area contributed by atoms with Crippen LogP contribution in [0.3, 0.4) is 0 Å². The van der Waals surface area contributed by atoms with E-state index in [1.165, 1.54) is 58.5 Å². The molecule has 4 aromatic carbocycles. The number of epoxide rings is 2. The number of hydrogen-bond donors (Lipinski definition) is 0. The first-order valence-corrected chi connectivity index (χ1v) is 17.9. The Morgan fingerprint density at radius 2 is 1.04 bits per heavy atom. The molecule has 2 aliphatic rings. The van der Waals surface area contributed by atoms with Crippen molar-refractivity contribution in [2.24, 2.45) is 0 Å². The van der Waals surface area contributed by atoms with Crippen molar-refractivity contribution in [3.63, 3.8) is 0 Å². The maximum atomic E-state index is 15.3. The molecule has 8 rings (SSSR count). The topological polar surface area (TPSA) is 86.5 Å². The summed E-state index contributed by atoms with van der Waals surface area (Å²) >= 11 is 13.0. The first-order valence-electron chi connectivity index (χ1n) is 15.0. The highest BCUT2D eigenvalue weighted by atomic mass is 35.5. The molecular formula is C34H22Cl2F4N6O2S2. The van der Waals surface area contributed by atoms with E-state index in [4.69, 9.17) is 32.7 Å². The number of ether oxygens (including phenoxy) is 2. The molecule has 16 heteroatoms. The second kappa shape index (κ2) is 13.0. The van der Waals surface area contributed by atoms with Crippen LogP contribution in [0.25, 0.3) is 0 Å². The second-order valence-electron chi connectivity index (χ2n) is 11.6. The molecule has 2 aromatic heterocycles. The summed E-state index contributed by atoms with van der Waals surface area (Å²) in [7, 11) is 2.41. The third-order valence-corrected chi connectivity index (χ3v) is 11.5. The Morgan fingerprint density at radius 3 is 1.44 bits per heavy atom. The lowest BCUT2D eigenvalue weighted by Gasteiger charge is -2.17. The standard InChI is InChI=1S/C34H22Cl2F4N6O2S2/c35-25-7-3-1-5-21(25)29-33(47-29,23-11-9-19(37)13-27(23)39)15-45-31(41-17-43-45)49-50-32-42-18-44-46(32)16-34(24-12-10-20(38)14-28(24)40)30(48-34)22-6-2-4-8-26(22)36/h1-14,17-18,29-30H,15-16H2/t29-,30-,33-,34-/m1/s1. The number of nitrogens with zero attached hydrogens (tertiary/aromatic N) is 6. The van der Waals surface area contributed by atoms with E-state index in [-0.39, 0.29) is 24.2 Å². The summed E-state index contributed by atoms with van der Waals surface area (Å²) in [5.74, 6) is -2.96. The number of benzene rings is 4. The molecule has 2 fully saturated rings. The molecule has 2 saturated heterocycles. The van der Waals surface area contributed by atoms with Crippen LogP contribution in [0.15, 0.2) is 108 Å². The summed E-state index contributed by atoms with van der Waals surface area (Å²) in [6.07, 6.45) is 1.44. The molecule has 0 N–H and O–H groups in total. The minimum Gasteiger partial charge on any atom is -0.354 e.